The van der Waals surface area contributed by atoms with Crippen LogP contribution in [-0.2, 0) is 61.2 Å². The van der Waals surface area contributed by atoms with Gasteiger partial charge in [0, 0.05) is 44.2 Å². The van der Waals surface area contributed by atoms with E-state index in [1.165, 1.54) is 10.5 Å². The van der Waals surface area contributed by atoms with Crippen molar-refractivity contribution >= 4 is 41.4 Å². The maximum atomic E-state index is 15.2. The lowest BCUT2D eigenvalue weighted by Gasteiger charge is -2.42. The van der Waals surface area contributed by atoms with E-state index in [4.69, 9.17) is 0 Å². The number of carbonyl (C=O) groups is 7. The van der Waals surface area contributed by atoms with Crippen LogP contribution in [0.25, 0.3) is 0 Å². The van der Waals surface area contributed by atoms with Crippen LogP contribution in [0.15, 0.2) is 103 Å². The summed E-state index contributed by atoms with van der Waals surface area (Å²) in [6, 6.07) is 26.9. The molecule has 4 aromatic carbocycles. The molecule has 0 bridgehead atoms. The molecule has 406 valence electrons. The van der Waals surface area contributed by atoms with E-state index < -0.39 is 64.9 Å². The Morgan fingerprint density at radius 2 is 1.14 bits per heavy atom. The lowest BCUT2D eigenvalue weighted by atomic mass is 9.84. The van der Waals surface area contributed by atoms with Crippen LogP contribution in [0.4, 0.5) is 0 Å². The molecule has 8 atom stereocenters. The van der Waals surface area contributed by atoms with E-state index in [0.29, 0.717) is 5.56 Å². The Kier molecular flexibility index (Phi) is 18.2. The third-order valence-corrected chi connectivity index (χ3v) is 15.3. The predicted molar refractivity (Wildman–Crippen MR) is 293 cm³/mol. The lowest BCUT2D eigenvalue weighted by Crippen LogP contribution is -2.62. The number of likely N-dealkylation sites (tertiary alicyclic amines) is 1. The van der Waals surface area contributed by atoms with Crippen LogP contribution in [0.2, 0.25) is 0 Å². The number of fused-ring (bicyclic) bond motifs is 2. The molecular weight excluding hydrogens is 959 g/mol. The molecule has 1 fully saturated rings. The van der Waals surface area contributed by atoms with Crippen molar-refractivity contribution in [3.63, 3.8) is 0 Å². The SMILES string of the molecule is CN[C@@H](C)C(=O)N[C@H](C(=O)N1C[C@@H](NC(=O)c2ccc(CN(Cc3ccccc3)C(=O)C3Cc4ccccc4CN3C(=O)[C@@H](NC(=O)[C@H](C)NC)C(C)(C)C)cc2)CC1C(=O)NC1CCCc2ccccc21)C(C)(C)C. The molecule has 16 nitrogen and oxygen atoms in total. The first-order valence-electron chi connectivity index (χ1n) is 26.8. The summed E-state index contributed by atoms with van der Waals surface area (Å²) in [5.41, 5.74) is 4.73. The second kappa shape index (κ2) is 24.4. The van der Waals surface area contributed by atoms with Gasteiger partial charge in [-0.05, 0) is 110 Å². The van der Waals surface area contributed by atoms with Crippen molar-refractivity contribution in [2.24, 2.45) is 10.8 Å². The molecule has 16 heteroatoms. The quantitative estimate of drug-likeness (QED) is 0.0808. The first-order valence-corrected chi connectivity index (χ1v) is 26.8. The molecule has 2 aliphatic heterocycles. The fourth-order valence-corrected chi connectivity index (χ4v) is 10.5. The van der Waals surface area contributed by atoms with Crippen molar-refractivity contribution in [3.8, 4) is 0 Å². The van der Waals surface area contributed by atoms with E-state index in [-0.39, 0.29) is 74.6 Å². The molecule has 3 unspecified atom stereocenters. The van der Waals surface area contributed by atoms with Gasteiger partial charge in [-0.3, -0.25) is 33.6 Å². The monoisotopic (exact) mass is 1040 g/mol. The molecule has 0 aromatic heterocycles. The molecule has 7 rings (SSSR count). The Bertz CT molecular complexity index is 2740. The van der Waals surface area contributed by atoms with Crippen LogP contribution >= 0.6 is 0 Å². The largest absolute Gasteiger partial charge is 0.347 e. The Labute approximate surface area is 448 Å². The van der Waals surface area contributed by atoms with Crippen LogP contribution < -0.4 is 31.9 Å². The lowest BCUT2D eigenvalue weighted by molar-refractivity contribution is -0.151. The molecular formula is C60H79N9O7. The Morgan fingerprint density at radius 3 is 1.72 bits per heavy atom. The predicted octanol–water partition coefficient (Wildman–Crippen LogP) is 5.34. The third kappa shape index (κ3) is 13.5. The van der Waals surface area contributed by atoms with E-state index in [1.807, 2.05) is 114 Å². The zero-order valence-corrected chi connectivity index (χ0v) is 46.0. The van der Waals surface area contributed by atoms with E-state index in [0.717, 1.165) is 47.1 Å². The highest BCUT2D eigenvalue weighted by Crippen LogP contribution is 2.33. The molecule has 2 heterocycles. The van der Waals surface area contributed by atoms with Crippen molar-refractivity contribution in [1.29, 1.82) is 0 Å². The normalized spacial score (nSPS) is 19.9. The average Bonchev–Trinajstić information content (AvgIpc) is 3.84. The third-order valence-electron chi connectivity index (χ3n) is 15.3. The van der Waals surface area contributed by atoms with Crippen molar-refractivity contribution in [1.82, 2.24) is 46.6 Å². The molecule has 1 aliphatic carbocycles. The summed E-state index contributed by atoms with van der Waals surface area (Å²) >= 11 is 0. The number of carbonyl (C=O) groups excluding carboxylic acids is 7. The van der Waals surface area contributed by atoms with Gasteiger partial charge in [0.15, 0.2) is 0 Å². The van der Waals surface area contributed by atoms with Crippen molar-refractivity contribution < 1.29 is 33.6 Å². The standard InChI is InChI=1S/C60H79N9O7/c1-37(61-9)52(70)65-50(59(3,4)5)57(75)68-35-44-23-15-14-22-43(44)31-49(68)56(74)67(33-39-19-12-11-13-20-39)34-40-27-29-42(30-28-40)54(72)63-45-32-48(55(73)64-47-26-18-24-41-21-16-17-25-46(41)47)69(36-45)58(76)51(60(6,7)8)66-53(71)38(2)62-10/h11-17,19-23,25,27-30,37-38,45,47-51,61-62H,18,24,26,31-36H2,1-10H3,(H,63,72)(H,64,73)(H,65,70)(H,66,71)/t37-,38-,45-,47?,48?,49?,50+,51+/m0/s1. The van der Waals surface area contributed by atoms with Crippen molar-refractivity contribution in [3.05, 3.63) is 142 Å². The first kappa shape index (κ1) is 56.8. The first-order chi connectivity index (χ1) is 36.1. The summed E-state index contributed by atoms with van der Waals surface area (Å²) in [7, 11) is 3.35. The summed E-state index contributed by atoms with van der Waals surface area (Å²) in [6.07, 6.45) is 3.02. The number of likely N-dealkylation sites (N-methyl/N-ethyl adjacent to an activating group) is 2. The fraction of sp³-hybridized carbons (Fsp3) is 0.483. The van der Waals surface area contributed by atoms with E-state index >= 15 is 4.79 Å². The molecule has 4 aromatic rings. The van der Waals surface area contributed by atoms with Crippen LogP contribution in [0, 0.1) is 10.8 Å². The maximum absolute atomic E-state index is 15.2. The highest BCUT2D eigenvalue weighted by molar-refractivity contribution is 5.97. The molecule has 76 heavy (non-hydrogen) atoms. The number of rotatable bonds is 17. The van der Waals surface area contributed by atoms with Gasteiger partial charge in [0.25, 0.3) is 5.91 Å². The minimum absolute atomic E-state index is 0.0473. The van der Waals surface area contributed by atoms with Gasteiger partial charge in [-0.2, -0.15) is 0 Å². The smallest absolute Gasteiger partial charge is 0.251 e. The molecule has 0 saturated carbocycles. The highest BCUT2D eigenvalue weighted by atomic mass is 16.2. The highest BCUT2D eigenvalue weighted by Gasteiger charge is 2.47. The Morgan fingerprint density at radius 1 is 0.618 bits per heavy atom. The van der Waals surface area contributed by atoms with Gasteiger partial charge in [0.05, 0.1) is 18.1 Å². The average molecular weight is 1040 g/mol. The minimum atomic E-state index is -0.963. The van der Waals surface area contributed by atoms with Gasteiger partial charge in [0.2, 0.25) is 35.4 Å². The molecule has 7 amide bonds. The second-order valence-electron chi connectivity index (χ2n) is 23.0. The van der Waals surface area contributed by atoms with Gasteiger partial charge < -0.3 is 46.6 Å². The van der Waals surface area contributed by atoms with Crippen molar-refractivity contribution in [2.75, 3.05) is 20.6 Å². The van der Waals surface area contributed by atoms with Crippen LogP contribution in [0.1, 0.15) is 124 Å². The van der Waals surface area contributed by atoms with Crippen LogP contribution in [0.5, 0.6) is 0 Å². The van der Waals surface area contributed by atoms with Gasteiger partial charge in [-0.1, -0.05) is 133 Å². The summed E-state index contributed by atoms with van der Waals surface area (Å²) in [5, 5.41) is 18.2. The number of hydrogen-bond acceptors (Lipinski definition) is 9. The Balaban J connectivity index is 1.12. The van der Waals surface area contributed by atoms with E-state index in [9.17, 15) is 28.8 Å². The number of amides is 7. The van der Waals surface area contributed by atoms with Gasteiger partial charge >= 0.3 is 0 Å². The van der Waals surface area contributed by atoms with Gasteiger partial charge in [-0.25, -0.2) is 0 Å². The molecule has 3 aliphatic rings. The summed E-state index contributed by atoms with van der Waals surface area (Å²) < 4.78 is 0. The number of nitrogens with zero attached hydrogens (tertiary/aromatic N) is 3. The fourth-order valence-electron chi connectivity index (χ4n) is 10.5. The Hall–Kier alpha value is -6.91. The zero-order chi connectivity index (χ0) is 55.1. The summed E-state index contributed by atoms with van der Waals surface area (Å²) in [4.78, 5) is 105. The minimum Gasteiger partial charge on any atom is -0.347 e. The van der Waals surface area contributed by atoms with Gasteiger partial charge in [-0.15, -0.1) is 0 Å². The van der Waals surface area contributed by atoms with Crippen molar-refractivity contribution in [2.45, 2.75) is 155 Å². The van der Waals surface area contributed by atoms with E-state index in [1.54, 1.807) is 62.0 Å². The zero-order valence-electron chi connectivity index (χ0n) is 46.0. The number of benzene rings is 4. The molecule has 1 saturated heterocycles. The molecule has 0 radical (unpaired) electrons. The number of aryl methyl sites for hydroxylation is 1. The number of hydrogen-bond donors (Lipinski definition) is 6. The van der Waals surface area contributed by atoms with E-state index in [2.05, 4.69) is 38.0 Å². The van der Waals surface area contributed by atoms with Crippen LogP contribution in [-0.4, -0.2) is 119 Å². The summed E-state index contributed by atoms with van der Waals surface area (Å²) in [5.74, 6) is -2.40. The molecule has 6 N–H and O–H groups in total. The number of nitrogens with one attached hydrogen (secondary N) is 6. The van der Waals surface area contributed by atoms with Gasteiger partial charge in [0.1, 0.15) is 24.2 Å². The maximum Gasteiger partial charge on any atom is 0.251 e. The van der Waals surface area contributed by atoms with Crippen LogP contribution in [0.3, 0.4) is 0 Å². The molecule has 0 spiro atoms. The topological polar surface area (TPSA) is 201 Å². The summed E-state index contributed by atoms with van der Waals surface area (Å²) in [6.45, 7) is 15.4. The second-order valence-corrected chi connectivity index (χ2v) is 23.0.